The molecule has 0 aromatic heterocycles. The Morgan fingerprint density at radius 2 is 2.00 bits per heavy atom. The second kappa shape index (κ2) is 6.73. The zero-order chi connectivity index (χ0) is 17.0. The lowest BCUT2D eigenvalue weighted by molar-refractivity contribution is -0.121. The lowest BCUT2D eigenvalue weighted by Gasteiger charge is -2.27. The van der Waals surface area contributed by atoms with Gasteiger partial charge in [0.1, 0.15) is 17.2 Å². The molecule has 1 fully saturated rings. The molecule has 0 bridgehead atoms. The summed E-state index contributed by atoms with van der Waals surface area (Å²) in [6.07, 6.45) is 2.27. The Bertz CT molecular complexity index is 652. The van der Waals surface area contributed by atoms with E-state index in [2.05, 4.69) is 16.7 Å². The van der Waals surface area contributed by atoms with Crippen LogP contribution in [0.5, 0.6) is 0 Å². The number of hydrogen-bond donors (Lipinski definition) is 2. The molecular weight excluding hydrogens is 304 g/mol. The number of hydrogen-bond acceptors (Lipinski definition) is 3. The van der Waals surface area contributed by atoms with Crippen molar-refractivity contribution < 1.29 is 18.4 Å². The first-order chi connectivity index (χ1) is 10.9. The lowest BCUT2D eigenvalue weighted by Crippen LogP contribution is -2.52. The summed E-state index contributed by atoms with van der Waals surface area (Å²) in [5.41, 5.74) is -1.12. The maximum Gasteiger partial charge on any atom is 0.251 e. The van der Waals surface area contributed by atoms with Crippen LogP contribution in [0.1, 0.15) is 36.5 Å². The highest BCUT2D eigenvalue weighted by Crippen LogP contribution is 2.34. The van der Waals surface area contributed by atoms with Crippen LogP contribution >= 0.6 is 0 Å². The smallest absolute Gasteiger partial charge is 0.251 e. The lowest BCUT2D eigenvalue weighted by atomic mass is 9.90. The fourth-order valence-electron chi connectivity index (χ4n) is 2.80. The third-order valence-electron chi connectivity index (χ3n) is 4.15. The third kappa shape index (κ3) is 3.83. The van der Waals surface area contributed by atoms with Crippen LogP contribution in [-0.2, 0) is 4.79 Å². The Morgan fingerprint density at radius 3 is 2.52 bits per heavy atom. The summed E-state index contributed by atoms with van der Waals surface area (Å²) in [4.78, 5) is 23.8. The van der Waals surface area contributed by atoms with Gasteiger partial charge in [0.25, 0.3) is 5.91 Å². The van der Waals surface area contributed by atoms with E-state index >= 15 is 0 Å². The van der Waals surface area contributed by atoms with Crippen LogP contribution in [0.2, 0.25) is 0 Å². The first kappa shape index (κ1) is 16.9. The van der Waals surface area contributed by atoms with Gasteiger partial charge in [-0.25, -0.2) is 8.78 Å². The fourth-order valence-corrected chi connectivity index (χ4v) is 2.80. The maximum absolute atomic E-state index is 13.1. The summed E-state index contributed by atoms with van der Waals surface area (Å²) in [5.74, 6) is -2.98. The molecule has 1 aliphatic carbocycles. The Morgan fingerprint density at radius 1 is 1.35 bits per heavy atom. The van der Waals surface area contributed by atoms with E-state index in [0.29, 0.717) is 12.5 Å². The molecule has 122 valence electrons. The van der Waals surface area contributed by atoms with Gasteiger partial charge in [-0.2, -0.15) is 5.26 Å². The molecule has 1 aromatic carbocycles. The number of nitriles is 1. The van der Waals surface area contributed by atoms with E-state index in [9.17, 15) is 23.6 Å². The van der Waals surface area contributed by atoms with Crippen LogP contribution in [0, 0.1) is 28.9 Å². The summed E-state index contributed by atoms with van der Waals surface area (Å²) in [5, 5.41) is 14.3. The Kier molecular flexibility index (Phi) is 4.94. The largest absolute Gasteiger partial charge is 0.343 e. The molecular formula is C16H17F2N3O2. The minimum absolute atomic E-state index is 0.0319. The highest BCUT2D eigenvalue weighted by Gasteiger charge is 2.41. The van der Waals surface area contributed by atoms with E-state index in [-0.39, 0.29) is 18.0 Å². The van der Waals surface area contributed by atoms with Gasteiger partial charge < -0.3 is 10.6 Å². The number of rotatable bonds is 4. The molecule has 1 saturated carbocycles. The molecule has 0 radical (unpaired) electrons. The zero-order valence-electron chi connectivity index (χ0n) is 12.7. The van der Waals surface area contributed by atoms with Gasteiger partial charge >= 0.3 is 0 Å². The zero-order valence-corrected chi connectivity index (χ0v) is 12.7. The van der Waals surface area contributed by atoms with Crippen molar-refractivity contribution >= 4 is 11.8 Å². The second-order valence-corrected chi connectivity index (χ2v) is 5.77. The second-order valence-electron chi connectivity index (χ2n) is 5.77. The van der Waals surface area contributed by atoms with Crippen molar-refractivity contribution in [2.24, 2.45) is 5.92 Å². The topological polar surface area (TPSA) is 82.0 Å². The Labute approximate surface area is 132 Å². The number of nitrogens with zero attached hydrogens (tertiary/aromatic N) is 1. The number of carbonyl (C=O) groups excluding carboxylic acids is 2. The van der Waals surface area contributed by atoms with E-state index < -0.39 is 29.0 Å². The van der Waals surface area contributed by atoms with Crippen LogP contribution in [0.25, 0.3) is 0 Å². The molecule has 5 nitrogen and oxygen atoms in total. The highest BCUT2D eigenvalue weighted by molar-refractivity contribution is 5.96. The molecule has 2 amide bonds. The van der Waals surface area contributed by atoms with Crippen molar-refractivity contribution in [3.05, 3.63) is 35.4 Å². The average molecular weight is 321 g/mol. The van der Waals surface area contributed by atoms with Gasteiger partial charge in [-0.05, 0) is 37.3 Å². The van der Waals surface area contributed by atoms with Gasteiger partial charge in [0, 0.05) is 11.6 Å². The molecule has 2 atom stereocenters. The van der Waals surface area contributed by atoms with Crippen molar-refractivity contribution in [1.29, 1.82) is 5.26 Å². The summed E-state index contributed by atoms with van der Waals surface area (Å²) in [7, 11) is 0. The van der Waals surface area contributed by atoms with Crippen LogP contribution in [-0.4, -0.2) is 23.9 Å². The molecule has 0 heterocycles. The quantitative estimate of drug-likeness (QED) is 0.888. The molecule has 0 saturated heterocycles. The number of nitrogens with one attached hydrogen (secondary N) is 2. The summed E-state index contributed by atoms with van der Waals surface area (Å²) >= 11 is 0. The summed E-state index contributed by atoms with van der Waals surface area (Å²) in [6.45, 7) is 1.53. The normalized spacial score (nSPS) is 23.1. The predicted octanol–water partition coefficient (Wildman–Crippen LogP) is 1.89. The monoisotopic (exact) mass is 321 g/mol. The number of amides is 2. The van der Waals surface area contributed by atoms with Crippen molar-refractivity contribution in [2.45, 2.75) is 31.7 Å². The van der Waals surface area contributed by atoms with Crippen LogP contribution in [0.15, 0.2) is 18.2 Å². The summed E-state index contributed by atoms with van der Waals surface area (Å²) in [6, 6.07) is 4.57. The van der Waals surface area contributed by atoms with Crippen LogP contribution in [0.4, 0.5) is 8.78 Å². The average Bonchev–Trinajstić information content (AvgIpc) is 2.85. The van der Waals surface area contributed by atoms with Gasteiger partial charge in [-0.15, -0.1) is 0 Å². The minimum atomic E-state index is -0.910. The first-order valence-corrected chi connectivity index (χ1v) is 7.33. The van der Waals surface area contributed by atoms with E-state index in [1.54, 1.807) is 0 Å². The molecule has 7 heteroatoms. The third-order valence-corrected chi connectivity index (χ3v) is 4.15. The molecule has 2 N–H and O–H groups in total. The summed E-state index contributed by atoms with van der Waals surface area (Å²) < 4.78 is 26.1. The first-order valence-electron chi connectivity index (χ1n) is 7.33. The SMILES string of the molecule is C[C@H]1CCC[C@@]1(C#N)NC(=O)CNC(=O)c1cc(F)cc(F)c1. The predicted molar refractivity (Wildman–Crippen MR) is 78.2 cm³/mol. The van der Waals surface area contributed by atoms with Crippen LogP contribution < -0.4 is 10.6 Å². The molecule has 1 aromatic rings. The van der Waals surface area contributed by atoms with Crippen molar-refractivity contribution in [2.75, 3.05) is 6.54 Å². The minimum Gasteiger partial charge on any atom is -0.343 e. The standard InChI is InChI=1S/C16H17F2N3O2/c1-10-3-2-4-16(10,9-19)21-14(22)8-20-15(23)11-5-12(17)7-13(18)6-11/h5-7,10H,2-4,8H2,1H3,(H,20,23)(H,21,22)/t10-,16-/m0/s1. The number of halogens is 2. The van der Waals surface area contributed by atoms with E-state index in [4.69, 9.17) is 0 Å². The van der Waals surface area contributed by atoms with Gasteiger partial charge in [0.2, 0.25) is 5.91 Å². The van der Waals surface area contributed by atoms with Crippen LogP contribution in [0.3, 0.4) is 0 Å². The Hall–Kier alpha value is -2.49. The fraction of sp³-hybridized carbons (Fsp3) is 0.438. The van der Waals surface area contributed by atoms with Gasteiger partial charge in [0.05, 0.1) is 12.6 Å². The molecule has 0 spiro atoms. The highest BCUT2D eigenvalue weighted by atomic mass is 19.1. The van der Waals surface area contributed by atoms with Gasteiger partial charge in [-0.1, -0.05) is 6.92 Å². The maximum atomic E-state index is 13.1. The molecule has 0 unspecified atom stereocenters. The Balaban J connectivity index is 1.94. The van der Waals surface area contributed by atoms with E-state index in [1.807, 2.05) is 6.92 Å². The van der Waals surface area contributed by atoms with E-state index in [1.165, 1.54) is 0 Å². The number of carbonyl (C=O) groups is 2. The van der Waals surface area contributed by atoms with Crippen molar-refractivity contribution in [3.8, 4) is 6.07 Å². The molecule has 0 aliphatic heterocycles. The van der Waals surface area contributed by atoms with Gasteiger partial charge in [-0.3, -0.25) is 9.59 Å². The number of benzene rings is 1. The van der Waals surface area contributed by atoms with E-state index in [0.717, 1.165) is 25.0 Å². The van der Waals surface area contributed by atoms with Crippen molar-refractivity contribution in [1.82, 2.24) is 10.6 Å². The van der Waals surface area contributed by atoms with Crippen molar-refractivity contribution in [3.63, 3.8) is 0 Å². The van der Waals surface area contributed by atoms with Gasteiger partial charge in [0.15, 0.2) is 0 Å². The molecule has 2 rings (SSSR count). The molecule has 1 aliphatic rings. The molecule has 23 heavy (non-hydrogen) atoms.